The molecule has 0 radical (unpaired) electrons. The van der Waals surface area contributed by atoms with E-state index in [9.17, 15) is 0 Å². The van der Waals surface area contributed by atoms with Crippen LogP contribution in [0.4, 0.5) is 0 Å². The van der Waals surface area contributed by atoms with Crippen molar-refractivity contribution in [3.63, 3.8) is 0 Å². The monoisotopic (exact) mass is 364 g/mol. The lowest BCUT2D eigenvalue weighted by molar-refractivity contribution is 0.0320. The van der Waals surface area contributed by atoms with E-state index in [0.29, 0.717) is 12.5 Å². The van der Waals surface area contributed by atoms with Crippen LogP contribution in [0.15, 0.2) is 23.2 Å². The van der Waals surface area contributed by atoms with Crippen molar-refractivity contribution in [1.82, 2.24) is 15.5 Å². The summed E-state index contributed by atoms with van der Waals surface area (Å²) in [6.07, 6.45) is 0. The van der Waals surface area contributed by atoms with E-state index in [2.05, 4.69) is 27.4 Å². The van der Waals surface area contributed by atoms with Gasteiger partial charge in [-0.3, -0.25) is 9.89 Å². The van der Waals surface area contributed by atoms with Crippen LogP contribution < -0.4 is 20.1 Å². The summed E-state index contributed by atoms with van der Waals surface area (Å²) in [5.41, 5.74) is 1.05. The molecule has 0 amide bonds. The van der Waals surface area contributed by atoms with E-state index in [1.165, 1.54) is 0 Å². The minimum atomic E-state index is 0.530. The van der Waals surface area contributed by atoms with Gasteiger partial charge in [-0.1, -0.05) is 6.92 Å². The molecule has 1 fully saturated rings. The molecule has 7 heteroatoms. The highest BCUT2D eigenvalue weighted by Gasteiger charge is 2.14. The molecule has 7 nitrogen and oxygen atoms in total. The summed E-state index contributed by atoms with van der Waals surface area (Å²) in [4.78, 5) is 6.76. The molecule has 2 rings (SSSR count). The van der Waals surface area contributed by atoms with Crippen LogP contribution in [0.3, 0.4) is 0 Å². The van der Waals surface area contributed by atoms with Gasteiger partial charge in [-0.15, -0.1) is 0 Å². The number of morpholine rings is 1. The Balaban J connectivity index is 1.78. The van der Waals surface area contributed by atoms with E-state index < -0.39 is 0 Å². The molecule has 0 aromatic heterocycles. The molecule has 26 heavy (non-hydrogen) atoms. The van der Waals surface area contributed by atoms with E-state index in [1.807, 2.05) is 18.2 Å². The summed E-state index contributed by atoms with van der Waals surface area (Å²) in [5, 5.41) is 6.75. The van der Waals surface area contributed by atoms with Crippen LogP contribution in [-0.4, -0.2) is 71.5 Å². The van der Waals surface area contributed by atoms with E-state index in [4.69, 9.17) is 14.2 Å². The summed E-state index contributed by atoms with van der Waals surface area (Å²) < 4.78 is 16.1. The SMILES string of the molecule is CN=C(NCc1ccc(OC)cc1OC)NCC(C)CN1CCOCC1. The Kier molecular flexibility index (Phi) is 8.50. The molecule has 1 heterocycles. The van der Waals surface area contributed by atoms with Crippen molar-refractivity contribution < 1.29 is 14.2 Å². The second-order valence-corrected chi connectivity index (χ2v) is 6.50. The predicted octanol–water partition coefficient (Wildman–Crippen LogP) is 1.34. The lowest BCUT2D eigenvalue weighted by Crippen LogP contribution is -2.43. The molecule has 2 N–H and O–H groups in total. The zero-order valence-electron chi connectivity index (χ0n) is 16.4. The average Bonchev–Trinajstić information content (AvgIpc) is 2.68. The van der Waals surface area contributed by atoms with Crippen LogP contribution in [0.2, 0.25) is 0 Å². The Bertz CT molecular complexity index is 574. The lowest BCUT2D eigenvalue weighted by atomic mass is 10.1. The fraction of sp³-hybridized carbons (Fsp3) is 0.632. The molecular formula is C19H32N4O3. The molecular weight excluding hydrogens is 332 g/mol. The van der Waals surface area contributed by atoms with E-state index >= 15 is 0 Å². The van der Waals surface area contributed by atoms with Crippen LogP contribution >= 0.6 is 0 Å². The van der Waals surface area contributed by atoms with Gasteiger partial charge < -0.3 is 24.8 Å². The average molecular weight is 364 g/mol. The third-order valence-corrected chi connectivity index (χ3v) is 4.46. The van der Waals surface area contributed by atoms with E-state index in [1.54, 1.807) is 21.3 Å². The number of hydrogen-bond acceptors (Lipinski definition) is 5. The first-order valence-corrected chi connectivity index (χ1v) is 9.11. The summed E-state index contributed by atoms with van der Waals surface area (Å²) in [5.74, 6) is 2.90. The molecule has 0 saturated carbocycles. The first-order chi connectivity index (χ1) is 12.7. The van der Waals surface area contributed by atoms with Crippen molar-refractivity contribution in [3.8, 4) is 11.5 Å². The van der Waals surface area contributed by atoms with Gasteiger partial charge in [0, 0.05) is 51.4 Å². The molecule has 146 valence electrons. The van der Waals surface area contributed by atoms with Crippen LogP contribution in [0, 0.1) is 5.92 Å². The number of ether oxygens (including phenoxy) is 3. The second kappa shape index (κ2) is 10.9. The van der Waals surface area contributed by atoms with Gasteiger partial charge in [-0.2, -0.15) is 0 Å². The molecule has 1 saturated heterocycles. The van der Waals surface area contributed by atoms with Gasteiger partial charge in [0.05, 0.1) is 27.4 Å². The zero-order valence-corrected chi connectivity index (χ0v) is 16.4. The quantitative estimate of drug-likeness (QED) is 0.536. The van der Waals surface area contributed by atoms with Gasteiger partial charge >= 0.3 is 0 Å². The molecule has 1 aromatic rings. The number of guanidine groups is 1. The topological polar surface area (TPSA) is 67.4 Å². The van der Waals surface area contributed by atoms with Crippen molar-refractivity contribution >= 4 is 5.96 Å². The summed E-state index contributed by atoms with van der Waals surface area (Å²) in [6.45, 7) is 8.55. The number of nitrogens with zero attached hydrogens (tertiary/aromatic N) is 2. The van der Waals surface area contributed by atoms with Gasteiger partial charge in [0.15, 0.2) is 5.96 Å². The van der Waals surface area contributed by atoms with Gasteiger partial charge in [0.25, 0.3) is 0 Å². The molecule has 1 unspecified atom stereocenters. The van der Waals surface area contributed by atoms with Crippen LogP contribution in [0.5, 0.6) is 11.5 Å². The number of benzene rings is 1. The highest BCUT2D eigenvalue weighted by atomic mass is 16.5. The van der Waals surface area contributed by atoms with Crippen molar-refractivity contribution in [3.05, 3.63) is 23.8 Å². The lowest BCUT2D eigenvalue weighted by Gasteiger charge is -2.29. The van der Waals surface area contributed by atoms with E-state index in [-0.39, 0.29) is 0 Å². The Hall–Kier alpha value is -1.99. The Labute approximate surface area is 156 Å². The Morgan fingerprint density at radius 3 is 2.65 bits per heavy atom. The second-order valence-electron chi connectivity index (χ2n) is 6.50. The molecule has 1 aliphatic heterocycles. The largest absolute Gasteiger partial charge is 0.497 e. The maximum atomic E-state index is 5.44. The summed E-state index contributed by atoms with van der Waals surface area (Å²) >= 11 is 0. The number of methoxy groups -OCH3 is 2. The normalized spacial score (nSPS) is 16.8. The number of aliphatic imine (C=N–C) groups is 1. The molecule has 0 spiro atoms. The van der Waals surface area contributed by atoms with Crippen molar-refractivity contribution in [2.24, 2.45) is 10.9 Å². The first kappa shape index (κ1) is 20.3. The molecule has 1 aliphatic rings. The van der Waals surface area contributed by atoms with Gasteiger partial charge in [0.2, 0.25) is 0 Å². The fourth-order valence-corrected chi connectivity index (χ4v) is 2.96. The Morgan fingerprint density at radius 1 is 1.23 bits per heavy atom. The molecule has 0 aliphatic carbocycles. The van der Waals surface area contributed by atoms with E-state index in [0.717, 1.165) is 62.4 Å². The summed E-state index contributed by atoms with van der Waals surface area (Å²) in [7, 11) is 5.10. The number of nitrogens with one attached hydrogen (secondary N) is 2. The molecule has 1 aromatic carbocycles. The summed E-state index contributed by atoms with van der Waals surface area (Å²) in [6, 6.07) is 5.82. The van der Waals surface area contributed by atoms with Crippen molar-refractivity contribution in [2.75, 3.05) is 60.7 Å². The number of hydrogen-bond donors (Lipinski definition) is 2. The first-order valence-electron chi connectivity index (χ1n) is 9.11. The van der Waals surface area contributed by atoms with Crippen molar-refractivity contribution in [2.45, 2.75) is 13.5 Å². The minimum absolute atomic E-state index is 0.530. The van der Waals surface area contributed by atoms with Crippen molar-refractivity contribution in [1.29, 1.82) is 0 Å². The number of rotatable bonds is 8. The smallest absolute Gasteiger partial charge is 0.191 e. The predicted molar refractivity (Wildman–Crippen MR) is 104 cm³/mol. The molecule has 0 bridgehead atoms. The van der Waals surface area contributed by atoms with Crippen LogP contribution in [0.25, 0.3) is 0 Å². The standard InChI is InChI=1S/C19H32N4O3/c1-15(14-23-7-9-26-10-8-23)12-21-19(20-2)22-13-16-5-6-17(24-3)11-18(16)25-4/h5-6,11,15H,7-10,12-14H2,1-4H3,(H2,20,21,22). The van der Waals surface area contributed by atoms with Crippen LogP contribution in [-0.2, 0) is 11.3 Å². The maximum Gasteiger partial charge on any atom is 0.191 e. The van der Waals surface area contributed by atoms with Crippen LogP contribution in [0.1, 0.15) is 12.5 Å². The molecule has 1 atom stereocenters. The highest BCUT2D eigenvalue weighted by Crippen LogP contribution is 2.24. The zero-order chi connectivity index (χ0) is 18.8. The van der Waals surface area contributed by atoms with Gasteiger partial charge in [-0.25, -0.2) is 0 Å². The highest BCUT2D eigenvalue weighted by molar-refractivity contribution is 5.79. The van der Waals surface area contributed by atoms with Gasteiger partial charge in [0.1, 0.15) is 11.5 Å². The minimum Gasteiger partial charge on any atom is -0.497 e. The maximum absolute atomic E-state index is 5.44. The Morgan fingerprint density at radius 2 is 2.00 bits per heavy atom. The van der Waals surface area contributed by atoms with Gasteiger partial charge in [-0.05, 0) is 18.1 Å². The third kappa shape index (κ3) is 6.38. The third-order valence-electron chi connectivity index (χ3n) is 4.46. The fourth-order valence-electron chi connectivity index (χ4n) is 2.96.